The molecule has 5 heteroatoms. The van der Waals surface area contributed by atoms with Gasteiger partial charge >= 0.3 is 5.97 Å². The van der Waals surface area contributed by atoms with Crippen molar-refractivity contribution < 1.29 is 19.4 Å². The van der Waals surface area contributed by atoms with E-state index in [-0.39, 0.29) is 18.4 Å². The first-order valence-corrected chi connectivity index (χ1v) is 6.59. The van der Waals surface area contributed by atoms with Crippen LogP contribution in [-0.2, 0) is 9.59 Å². The van der Waals surface area contributed by atoms with E-state index < -0.39 is 11.6 Å². The van der Waals surface area contributed by atoms with Gasteiger partial charge in [0.25, 0.3) is 5.91 Å². The predicted molar refractivity (Wildman–Crippen MR) is 75.2 cm³/mol. The van der Waals surface area contributed by atoms with Crippen molar-refractivity contribution in [1.82, 2.24) is 0 Å². The van der Waals surface area contributed by atoms with Crippen LogP contribution >= 0.6 is 0 Å². The molecule has 1 aliphatic rings. The van der Waals surface area contributed by atoms with Crippen molar-refractivity contribution in [2.75, 3.05) is 11.4 Å². The van der Waals surface area contributed by atoms with Gasteiger partial charge in [0.1, 0.15) is 12.3 Å². The summed E-state index contributed by atoms with van der Waals surface area (Å²) in [6.45, 7) is 7.02. The largest absolute Gasteiger partial charge is 0.480 e. The molecule has 0 saturated heterocycles. The number of fused-ring (bicyclic) bond motifs is 1. The average molecular weight is 277 g/mol. The number of hydrogen-bond donors (Lipinski definition) is 1. The van der Waals surface area contributed by atoms with Gasteiger partial charge in [-0.25, -0.2) is 0 Å². The number of carboxylic acid groups (broad SMARTS) is 1. The maximum Gasteiger partial charge on any atom is 0.323 e. The third kappa shape index (κ3) is 2.35. The molecule has 5 nitrogen and oxygen atoms in total. The standard InChI is InChI=1S/C15H19NO4/c1-9(2)10-6-5-7-11-13(10)20-15(3,4)14(19)16(11)8-12(17)18/h5-7,9H,8H2,1-4H3,(H,17,18). The number of carbonyl (C=O) groups excluding carboxylic acids is 1. The molecule has 0 atom stereocenters. The van der Waals surface area contributed by atoms with Gasteiger partial charge in [0, 0.05) is 0 Å². The van der Waals surface area contributed by atoms with Crippen molar-refractivity contribution in [3.8, 4) is 5.75 Å². The van der Waals surface area contributed by atoms with Gasteiger partial charge in [-0.15, -0.1) is 0 Å². The lowest BCUT2D eigenvalue weighted by molar-refractivity contribution is -0.139. The van der Waals surface area contributed by atoms with Gasteiger partial charge in [-0.2, -0.15) is 0 Å². The van der Waals surface area contributed by atoms with E-state index in [1.165, 1.54) is 4.90 Å². The molecule has 1 N–H and O–H groups in total. The minimum atomic E-state index is -1.06. The van der Waals surface area contributed by atoms with Crippen LogP contribution in [0.1, 0.15) is 39.2 Å². The highest BCUT2D eigenvalue weighted by Crippen LogP contribution is 2.42. The molecule has 1 heterocycles. The molecule has 0 aliphatic carbocycles. The Morgan fingerprint density at radius 3 is 2.60 bits per heavy atom. The quantitative estimate of drug-likeness (QED) is 0.921. The van der Waals surface area contributed by atoms with E-state index in [4.69, 9.17) is 9.84 Å². The lowest BCUT2D eigenvalue weighted by Gasteiger charge is -2.39. The SMILES string of the molecule is CC(C)c1cccc2c1OC(C)(C)C(=O)N2CC(=O)O. The molecule has 0 aromatic heterocycles. The molecular formula is C15H19NO4. The number of anilines is 1. The summed E-state index contributed by atoms with van der Waals surface area (Å²) in [6.07, 6.45) is 0. The lowest BCUT2D eigenvalue weighted by atomic mass is 9.97. The Morgan fingerprint density at radius 2 is 2.05 bits per heavy atom. The number of aliphatic carboxylic acids is 1. The molecule has 0 radical (unpaired) electrons. The Morgan fingerprint density at radius 1 is 1.40 bits per heavy atom. The zero-order valence-electron chi connectivity index (χ0n) is 12.1. The summed E-state index contributed by atoms with van der Waals surface area (Å²) < 4.78 is 5.85. The van der Waals surface area contributed by atoms with Crippen LogP contribution in [0, 0.1) is 0 Å². The van der Waals surface area contributed by atoms with Gasteiger partial charge in [0.05, 0.1) is 5.69 Å². The zero-order valence-corrected chi connectivity index (χ0v) is 12.1. The van der Waals surface area contributed by atoms with E-state index in [2.05, 4.69) is 0 Å². The van der Waals surface area contributed by atoms with Crippen molar-refractivity contribution in [3.63, 3.8) is 0 Å². The van der Waals surface area contributed by atoms with Crippen molar-refractivity contribution in [3.05, 3.63) is 23.8 Å². The van der Waals surface area contributed by atoms with Crippen molar-refractivity contribution in [2.24, 2.45) is 0 Å². The second-order valence-corrected chi connectivity index (χ2v) is 5.75. The normalized spacial score (nSPS) is 16.9. The molecule has 1 aliphatic heterocycles. The first kappa shape index (κ1) is 14.4. The fourth-order valence-electron chi connectivity index (χ4n) is 2.35. The molecule has 2 rings (SSSR count). The third-order valence-electron chi connectivity index (χ3n) is 3.35. The highest BCUT2D eigenvalue weighted by molar-refractivity contribution is 6.05. The number of benzene rings is 1. The number of para-hydroxylation sites is 1. The van der Waals surface area contributed by atoms with Crippen molar-refractivity contribution >= 4 is 17.6 Å². The van der Waals surface area contributed by atoms with Crippen LogP contribution in [0.25, 0.3) is 0 Å². The molecule has 0 fully saturated rings. The number of rotatable bonds is 3. The third-order valence-corrected chi connectivity index (χ3v) is 3.35. The smallest absolute Gasteiger partial charge is 0.323 e. The topological polar surface area (TPSA) is 66.8 Å². The number of ether oxygens (including phenoxy) is 1. The fraction of sp³-hybridized carbons (Fsp3) is 0.467. The number of amides is 1. The molecular weight excluding hydrogens is 258 g/mol. The van der Waals surface area contributed by atoms with Crippen LogP contribution in [0.5, 0.6) is 5.75 Å². The lowest BCUT2D eigenvalue weighted by Crippen LogP contribution is -2.54. The van der Waals surface area contributed by atoms with Gasteiger partial charge in [-0.1, -0.05) is 26.0 Å². The summed E-state index contributed by atoms with van der Waals surface area (Å²) in [5.74, 6) is -0.556. The molecule has 20 heavy (non-hydrogen) atoms. The zero-order chi connectivity index (χ0) is 15.1. The summed E-state index contributed by atoms with van der Waals surface area (Å²) in [5.41, 5.74) is 0.439. The van der Waals surface area contributed by atoms with Gasteiger partial charge in [-0.3, -0.25) is 14.5 Å². The number of hydrogen-bond acceptors (Lipinski definition) is 3. The van der Waals surface area contributed by atoms with E-state index >= 15 is 0 Å². The molecule has 1 amide bonds. The van der Waals surface area contributed by atoms with Crippen LogP contribution in [0.2, 0.25) is 0 Å². The summed E-state index contributed by atoms with van der Waals surface area (Å²) >= 11 is 0. The van der Waals surface area contributed by atoms with Crippen LogP contribution < -0.4 is 9.64 Å². The van der Waals surface area contributed by atoms with E-state index in [0.717, 1.165) is 5.56 Å². The maximum atomic E-state index is 12.4. The van der Waals surface area contributed by atoms with E-state index in [1.54, 1.807) is 19.9 Å². The van der Waals surface area contributed by atoms with Crippen molar-refractivity contribution in [2.45, 2.75) is 39.2 Å². The van der Waals surface area contributed by atoms with Gasteiger partial charge in [0.15, 0.2) is 5.60 Å². The van der Waals surface area contributed by atoms with E-state index in [1.807, 2.05) is 26.0 Å². The number of nitrogens with zero attached hydrogens (tertiary/aromatic N) is 1. The van der Waals surface area contributed by atoms with Gasteiger partial charge in [0.2, 0.25) is 0 Å². The Labute approximate surface area is 118 Å². The second-order valence-electron chi connectivity index (χ2n) is 5.75. The van der Waals surface area contributed by atoms with Crippen molar-refractivity contribution in [1.29, 1.82) is 0 Å². The number of carboxylic acids is 1. The Balaban J connectivity index is 2.60. The Bertz CT molecular complexity index is 563. The summed E-state index contributed by atoms with van der Waals surface area (Å²) in [7, 11) is 0. The fourth-order valence-corrected chi connectivity index (χ4v) is 2.35. The predicted octanol–water partition coefficient (Wildman–Crippen LogP) is 2.40. The minimum Gasteiger partial charge on any atom is -0.480 e. The van der Waals surface area contributed by atoms with Crippen LogP contribution in [0.3, 0.4) is 0 Å². The van der Waals surface area contributed by atoms with Gasteiger partial charge in [-0.05, 0) is 31.4 Å². The Hall–Kier alpha value is -2.04. The molecule has 0 spiro atoms. The number of carbonyl (C=O) groups is 2. The Kier molecular flexibility index (Phi) is 3.46. The first-order chi connectivity index (χ1) is 9.24. The van der Waals surface area contributed by atoms with Crippen LogP contribution in [0.4, 0.5) is 5.69 Å². The summed E-state index contributed by atoms with van der Waals surface area (Å²) in [6, 6.07) is 5.48. The van der Waals surface area contributed by atoms with E-state index in [9.17, 15) is 9.59 Å². The van der Waals surface area contributed by atoms with E-state index in [0.29, 0.717) is 11.4 Å². The molecule has 1 aromatic carbocycles. The average Bonchev–Trinajstić information content (AvgIpc) is 2.33. The highest BCUT2D eigenvalue weighted by Gasteiger charge is 2.42. The van der Waals surface area contributed by atoms with Crippen LogP contribution in [-0.4, -0.2) is 29.1 Å². The monoisotopic (exact) mass is 277 g/mol. The van der Waals surface area contributed by atoms with Crippen LogP contribution in [0.15, 0.2) is 18.2 Å². The maximum absolute atomic E-state index is 12.4. The van der Waals surface area contributed by atoms with Gasteiger partial charge < -0.3 is 9.84 Å². The summed E-state index contributed by atoms with van der Waals surface area (Å²) in [5, 5.41) is 9.02. The molecule has 0 unspecified atom stereocenters. The highest BCUT2D eigenvalue weighted by atomic mass is 16.5. The molecule has 0 bridgehead atoms. The first-order valence-electron chi connectivity index (χ1n) is 6.59. The minimum absolute atomic E-state index is 0.223. The second kappa shape index (κ2) is 4.81. The molecule has 0 saturated carbocycles. The summed E-state index contributed by atoms with van der Waals surface area (Å²) in [4.78, 5) is 24.7. The molecule has 108 valence electrons. The molecule has 1 aromatic rings.